The average Bonchev–Trinajstić information content (AvgIpc) is 2.23. The Morgan fingerprint density at radius 2 is 1.88 bits per heavy atom. The normalized spacial score (nSPS) is 13.7. The number of hydrogen-bond donors (Lipinski definition) is 2. The molecule has 0 saturated heterocycles. The Morgan fingerprint density at radius 1 is 1.18 bits per heavy atom. The molecule has 0 spiro atoms. The monoisotopic (exact) mass is 234 g/mol. The maximum atomic E-state index is 3.54. The number of nitrogens with one attached hydrogen (secondary N) is 2. The minimum Gasteiger partial charge on any atom is -0.311 e. The van der Waals surface area contributed by atoms with Crippen molar-refractivity contribution in [2.75, 3.05) is 13.1 Å². The van der Waals surface area contributed by atoms with Crippen LogP contribution in [-0.2, 0) is 0 Å². The Morgan fingerprint density at radius 3 is 2.47 bits per heavy atom. The maximum Gasteiger partial charge on any atom is 0.0292 e. The van der Waals surface area contributed by atoms with Gasteiger partial charge in [-0.2, -0.15) is 0 Å². The summed E-state index contributed by atoms with van der Waals surface area (Å²) < 4.78 is 0. The van der Waals surface area contributed by atoms with Crippen LogP contribution >= 0.6 is 0 Å². The van der Waals surface area contributed by atoms with Crippen LogP contribution in [0.4, 0.5) is 0 Å². The van der Waals surface area contributed by atoms with E-state index in [1.807, 2.05) is 0 Å². The first-order valence-electron chi connectivity index (χ1n) is 6.43. The summed E-state index contributed by atoms with van der Waals surface area (Å²) in [6.45, 7) is 12.9. The first kappa shape index (κ1) is 14.2. The molecule has 0 unspecified atom stereocenters. The minimum atomic E-state index is 0.203. The maximum absolute atomic E-state index is 3.54. The van der Waals surface area contributed by atoms with Crippen molar-refractivity contribution in [1.82, 2.24) is 10.6 Å². The molecule has 1 rings (SSSR count). The molecule has 0 aliphatic carbocycles. The van der Waals surface area contributed by atoms with E-state index in [2.05, 4.69) is 69.5 Å². The van der Waals surface area contributed by atoms with Gasteiger partial charge in [-0.25, -0.2) is 0 Å². The minimum absolute atomic E-state index is 0.203. The van der Waals surface area contributed by atoms with Gasteiger partial charge < -0.3 is 10.6 Å². The lowest BCUT2D eigenvalue weighted by molar-refractivity contribution is 0.414. The largest absolute Gasteiger partial charge is 0.311 e. The SMILES string of the molecule is Cc1cccc([C@H](C)NCCNC(C)(C)C)c1. The highest BCUT2D eigenvalue weighted by Gasteiger charge is 2.08. The van der Waals surface area contributed by atoms with Gasteiger partial charge in [0.15, 0.2) is 0 Å². The van der Waals surface area contributed by atoms with Crippen molar-refractivity contribution < 1.29 is 0 Å². The molecule has 0 aromatic heterocycles. The molecule has 1 aromatic rings. The second-order valence-electron chi connectivity index (χ2n) is 5.77. The van der Waals surface area contributed by atoms with E-state index in [-0.39, 0.29) is 5.54 Å². The molecule has 2 N–H and O–H groups in total. The number of hydrogen-bond acceptors (Lipinski definition) is 2. The smallest absolute Gasteiger partial charge is 0.0292 e. The lowest BCUT2D eigenvalue weighted by Gasteiger charge is -2.22. The lowest BCUT2D eigenvalue weighted by atomic mass is 10.1. The Labute approximate surface area is 106 Å². The van der Waals surface area contributed by atoms with Crippen molar-refractivity contribution in [3.63, 3.8) is 0 Å². The molecule has 0 bridgehead atoms. The van der Waals surface area contributed by atoms with Crippen molar-refractivity contribution in [2.45, 2.75) is 46.2 Å². The predicted octanol–water partition coefficient (Wildman–Crippen LogP) is 3.03. The zero-order valence-electron chi connectivity index (χ0n) is 11.8. The lowest BCUT2D eigenvalue weighted by Crippen LogP contribution is -2.40. The van der Waals surface area contributed by atoms with Crippen LogP contribution in [0.1, 0.15) is 44.9 Å². The van der Waals surface area contributed by atoms with E-state index in [1.165, 1.54) is 11.1 Å². The summed E-state index contributed by atoms with van der Waals surface area (Å²) in [5.74, 6) is 0. The van der Waals surface area contributed by atoms with Gasteiger partial charge in [-0.1, -0.05) is 29.8 Å². The molecule has 0 aliphatic rings. The van der Waals surface area contributed by atoms with Crippen LogP contribution in [0.5, 0.6) is 0 Å². The molecule has 0 amide bonds. The molecule has 2 nitrogen and oxygen atoms in total. The standard InChI is InChI=1S/C15H26N2/c1-12-7-6-8-14(11-12)13(2)16-9-10-17-15(3,4)5/h6-8,11,13,16-17H,9-10H2,1-5H3/t13-/m0/s1. The van der Waals surface area contributed by atoms with Crippen LogP contribution in [-0.4, -0.2) is 18.6 Å². The second-order valence-corrected chi connectivity index (χ2v) is 5.77. The summed E-state index contributed by atoms with van der Waals surface area (Å²) in [6, 6.07) is 9.10. The zero-order chi connectivity index (χ0) is 12.9. The Hall–Kier alpha value is -0.860. The fourth-order valence-electron chi connectivity index (χ4n) is 1.78. The van der Waals surface area contributed by atoms with E-state index >= 15 is 0 Å². The molecule has 0 saturated carbocycles. The Balaban J connectivity index is 2.33. The predicted molar refractivity (Wildman–Crippen MR) is 75.4 cm³/mol. The molecule has 17 heavy (non-hydrogen) atoms. The van der Waals surface area contributed by atoms with Gasteiger partial charge in [-0.05, 0) is 40.2 Å². The fourth-order valence-corrected chi connectivity index (χ4v) is 1.78. The fraction of sp³-hybridized carbons (Fsp3) is 0.600. The molecule has 1 atom stereocenters. The van der Waals surface area contributed by atoms with Crippen molar-refractivity contribution in [3.05, 3.63) is 35.4 Å². The first-order valence-corrected chi connectivity index (χ1v) is 6.43. The topological polar surface area (TPSA) is 24.1 Å². The van der Waals surface area contributed by atoms with Gasteiger partial charge in [-0.3, -0.25) is 0 Å². The van der Waals surface area contributed by atoms with Crippen molar-refractivity contribution >= 4 is 0 Å². The Kier molecular flexibility index (Phi) is 5.16. The van der Waals surface area contributed by atoms with Gasteiger partial charge >= 0.3 is 0 Å². The third-order valence-electron chi connectivity index (χ3n) is 2.77. The van der Waals surface area contributed by atoms with E-state index in [0.29, 0.717) is 6.04 Å². The van der Waals surface area contributed by atoms with Crippen LogP contribution in [0, 0.1) is 6.92 Å². The highest BCUT2D eigenvalue weighted by Crippen LogP contribution is 2.13. The van der Waals surface area contributed by atoms with Gasteiger partial charge in [0.05, 0.1) is 0 Å². The molecule has 96 valence electrons. The molecular formula is C15H26N2. The molecule has 0 fully saturated rings. The van der Waals surface area contributed by atoms with E-state index in [9.17, 15) is 0 Å². The number of rotatable bonds is 5. The summed E-state index contributed by atoms with van der Waals surface area (Å²) in [7, 11) is 0. The third kappa shape index (κ3) is 5.85. The van der Waals surface area contributed by atoms with Gasteiger partial charge in [0.1, 0.15) is 0 Å². The highest BCUT2D eigenvalue weighted by molar-refractivity contribution is 5.24. The first-order chi connectivity index (χ1) is 7.88. The molecule has 0 radical (unpaired) electrons. The molecule has 2 heteroatoms. The van der Waals surface area contributed by atoms with Gasteiger partial charge in [0.2, 0.25) is 0 Å². The zero-order valence-corrected chi connectivity index (χ0v) is 11.8. The summed E-state index contributed by atoms with van der Waals surface area (Å²) in [4.78, 5) is 0. The molecule has 1 aromatic carbocycles. The number of benzene rings is 1. The van der Waals surface area contributed by atoms with Gasteiger partial charge in [0, 0.05) is 24.7 Å². The summed E-state index contributed by atoms with van der Waals surface area (Å²) in [5.41, 5.74) is 2.89. The van der Waals surface area contributed by atoms with Gasteiger partial charge in [0.25, 0.3) is 0 Å². The van der Waals surface area contributed by atoms with Crippen LogP contribution in [0.25, 0.3) is 0 Å². The summed E-state index contributed by atoms with van der Waals surface area (Å²) >= 11 is 0. The molecule has 0 aliphatic heterocycles. The van der Waals surface area contributed by atoms with Crippen LogP contribution in [0.15, 0.2) is 24.3 Å². The van der Waals surface area contributed by atoms with Crippen LogP contribution < -0.4 is 10.6 Å². The van der Waals surface area contributed by atoms with E-state index in [1.54, 1.807) is 0 Å². The van der Waals surface area contributed by atoms with Crippen LogP contribution in [0.2, 0.25) is 0 Å². The van der Waals surface area contributed by atoms with Gasteiger partial charge in [-0.15, -0.1) is 0 Å². The summed E-state index contributed by atoms with van der Waals surface area (Å²) in [6.07, 6.45) is 0. The van der Waals surface area contributed by atoms with Crippen molar-refractivity contribution in [2.24, 2.45) is 0 Å². The van der Waals surface area contributed by atoms with Crippen LogP contribution in [0.3, 0.4) is 0 Å². The molecule has 0 heterocycles. The van der Waals surface area contributed by atoms with Crippen molar-refractivity contribution in [3.8, 4) is 0 Å². The average molecular weight is 234 g/mol. The van der Waals surface area contributed by atoms with E-state index in [4.69, 9.17) is 0 Å². The second kappa shape index (κ2) is 6.18. The number of aryl methyl sites for hydroxylation is 1. The van der Waals surface area contributed by atoms with E-state index in [0.717, 1.165) is 13.1 Å². The van der Waals surface area contributed by atoms with Crippen molar-refractivity contribution in [1.29, 1.82) is 0 Å². The quantitative estimate of drug-likeness (QED) is 0.765. The highest BCUT2D eigenvalue weighted by atomic mass is 15.0. The van der Waals surface area contributed by atoms with E-state index < -0.39 is 0 Å². The third-order valence-corrected chi connectivity index (χ3v) is 2.77. The Bertz CT molecular complexity index is 339. The summed E-state index contributed by atoms with van der Waals surface area (Å²) in [5, 5.41) is 7.01. The molecular weight excluding hydrogens is 208 g/mol.